The summed E-state index contributed by atoms with van der Waals surface area (Å²) in [5.41, 5.74) is -4.55. The van der Waals surface area contributed by atoms with Crippen LogP contribution in [0, 0.1) is 17.8 Å². The quantitative estimate of drug-likeness (QED) is 0.123. The summed E-state index contributed by atoms with van der Waals surface area (Å²) in [5.74, 6) is -2.85. The molecule has 0 bridgehead atoms. The van der Waals surface area contributed by atoms with Gasteiger partial charge in [-0.05, 0) is 94.2 Å². The summed E-state index contributed by atoms with van der Waals surface area (Å²) in [7, 11) is 5.26. The van der Waals surface area contributed by atoms with E-state index < -0.39 is 96.0 Å². The first-order valence-corrected chi connectivity index (χ1v) is 21.9. The Morgan fingerprint density at radius 3 is 2.19 bits per heavy atom. The summed E-state index contributed by atoms with van der Waals surface area (Å²) in [6, 6.07) is -0.938. The smallest absolute Gasteiger partial charge is 0.311 e. The van der Waals surface area contributed by atoms with Crippen molar-refractivity contribution in [1.29, 1.82) is 0 Å². The van der Waals surface area contributed by atoms with Gasteiger partial charge in [0.05, 0.1) is 41.5 Å². The molecule has 0 aliphatic carbocycles. The standard InChI is InChI=1S/C43H81N3O13/c1-15-31-43(11,53)36(49)28(7)46(19-17-18-44-32(47)16-2)23-24(3)21-41(9,52)38(59-40-34(48)30(45(12)13)20-25(4)55-40)26(5)35(27(6)39(51)57-31)58-33-22-42(10,54-14)37(50)29(8)56-33/h24-31,33-38,40,48-50,52-53H,15-23H2,1-14H3,(H,44,47)/t24-,25-,26+,27-,28-,29+,30+,31-,33+,34-,35+,36-,37+,38-,40+,41-,42-,43-/m1/s1. The second kappa shape index (κ2) is 21.7. The first-order valence-electron chi connectivity index (χ1n) is 21.9. The highest BCUT2D eigenvalue weighted by Gasteiger charge is 2.53. The minimum absolute atomic E-state index is 0.0694. The number of rotatable bonds is 12. The number of carbonyl (C=O) groups is 2. The summed E-state index contributed by atoms with van der Waals surface area (Å²) in [6.45, 7) is 20.6. The van der Waals surface area contributed by atoms with Crippen LogP contribution in [0.1, 0.15) is 115 Å². The lowest BCUT2D eigenvalue weighted by Gasteiger charge is -2.48. The lowest BCUT2D eigenvalue weighted by molar-refractivity contribution is -0.318. The molecule has 1 amide bonds. The summed E-state index contributed by atoms with van der Waals surface area (Å²) in [5, 5.41) is 62.2. The molecule has 0 aromatic carbocycles. The summed E-state index contributed by atoms with van der Waals surface area (Å²) < 4.78 is 37.9. The first-order chi connectivity index (χ1) is 27.3. The zero-order chi connectivity index (χ0) is 44.8. The molecule has 0 radical (unpaired) electrons. The van der Waals surface area contributed by atoms with Crippen LogP contribution < -0.4 is 5.32 Å². The van der Waals surface area contributed by atoms with E-state index in [0.29, 0.717) is 38.9 Å². The average Bonchev–Trinajstić information content (AvgIpc) is 3.16. The normalized spacial score (nSPS) is 45.0. The van der Waals surface area contributed by atoms with Crippen molar-refractivity contribution in [3.05, 3.63) is 0 Å². The number of hydrogen-bond acceptors (Lipinski definition) is 15. The number of amides is 1. The number of methoxy groups -OCH3 is 1. The van der Waals surface area contributed by atoms with E-state index in [1.807, 2.05) is 51.6 Å². The molecular formula is C43H81N3O13. The summed E-state index contributed by atoms with van der Waals surface area (Å²) in [6.07, 6.45) is -7.84. The maximum Gasteiger partial charge on any atom is 0.311 e. The van der Waals surface area contributed by atoms with Crippen molar-refractivity contribution in [2.24, 2.45) is 17.8 Å². The number of esters is 1. The maximum absolute atomic E-state index is 14.4. The van der Waals surface area contributed by atoms with Gasteiger partial charge < -0.3 is 64.2 Å². The van der Waals surface area contributed by atoms with Gasteiger partial charge in [0.2, 0.25) is 5.91 Å². The van der Waals surface area contributed by atoms with Crippen LogP contribution in [0.5, 0.6) is 0 Å². The Labute approximate surface area is 353 Å². The van der Waals surface area contributed by atoms with E-state index in [2.05, 4.69) is 5.32 Å². The molecule has 3 heterocycles. The molecule has 3 saturated heterocycles. The van der Waals surface area contributed by atoms with Crippen LogP contribution in [0.2, 0.25) is 0 Å². The minimum atomic E-state index is -1.88. The van der Waals surface area contributed by atoms with Gasteiger partial charge in [0.1, 0.15) is 30.0 Å². The van der Waals surface area contributed by atoms with E-state index in [1.54, 1.807) is 41.5 Å². The van der Waals surface area contributed by atoms with Crippen molar-refractivity contribution in [1.82, 2.24) is 15.1 Å². The molecule has 0 spiro atoms. The molecule has 59 heavy (non-hydrogen) atoms. The third-order valence-corrected chi connectivity index (χ3v) is 13.3. The van der Waals surface area contributed by atoms with Crippen LogP contribution >= 0.6 is 0 Å². The number of nitrogens with zero attached hydrogens (tertiary/aromatic N) is 2. The van der Waals surface area contributed by atoms with Crippen molar-refractivity contribution < 1.29 is 63.5 Å². The van der Waals surface area contributed by atoms with Crippen LogP contribution in [-0.2, 0) is 38.0 Å². The van der Waals surface area contributed by atoms with Gasteiger partial charge in [0.15, 0.2) is 12.6 Å². The van der Waals surface area contributed by atoms with Crippen LogP contribution in [0.25, 0.3) is 0 Å². The Bertz CT molecular complexity index is 1320. The molecule has 0 aromatic rings. The summed E-state index contributed by atoms with van der Waals surface area (Å²) in [4.78, 5) is 30.4. The van der Waals surface area contributed by atoms with Gasteiger partial charge in [-0.15, -0.1) is 0 Å². The van der Waals surface area contributed by atoms with Gasteiger partial charge in [-0.1, -0.05) is 27.7 Å². The SMILES string of the molecule is CCC(=O)NCCCN1C[C@H](C)C[C@@](C)(O)[C@H](O[C@@H]2O[C@H](C)C[C@H](N(C)C)[C@H]2O)[C@@H](C)[C@H](O[C@H]2C[C@@](C)(OC)[C@@H](O)[C@H](C)O2)[C@@H](C)C(=O)O[C@H](CC)[C@@](C)(O)[C@H](O)[C@H]1C. The molecule has 16 nitrogen and oxygen atoms in total. The van der Waals surface area contributed by atoms with E-state index in [1.165, 1.54) is 14.0 Å². The van der Waals surface area contributed by atoms with Gasteiger partial charge >= 0.3 is 5.97 Å². The number of aliphatic hydroxyl groups excluding tert-OH is 3. The minimum Gasteiger partial charge on any atom is -0.459 e. The van der Waals surface area contributed by atoms with E-state index >= 15 is 0 Å². The monoisotopic (exact) mass is 848 g/mol. The van der Waals surface area contributed by atoms with E-state index in [-0.39, 0.29) is 43.2 Å². The molecule has 3 fully saturated rings. The largest absolute Gasteiger partial charge is 0.459 e. The highest BCUT2D eigenvalue weighted by atomic mass is 16.7. The van der Waals surface area contributed by atoms with Crippen molar-refractivity contribution in [3.63, 3.8) is 0 Å². The van der Waals surface area contributed by atoms with Gasteiger partial charge in [-0.3, -0.25) is 14.5 Å². The number of ether oxygens (including phenoxy) is 6. The molecule has 0 aromatic heterocycles. The van der Waals surface area contributed by atoms with Gasteiger partial charge in [0.25, 0.3) is 0 Å². The zero-order valence-corrected chi connectivity index (χ0v) is 38.4. The number of aliphatic hydroxyl groups is 5. The Kier molecular flexibility index (Phi) is 19.1. The Morgan fingerprint density at radius 2 is 1.61 bits per heavy atom. The average molecular weight is 848 g/mol. The molecule has 0 saturated carbocycles. The lowest BCUT2D eigenvalue weighted by atomic mass is 9.77. The maximum atomic E-state index is 14.4. The van der Waals surface area contributed by atoms with Crippen LogP contribution in [-0.4, -0.2) is 178 Å². The molecule has 3 aliphatic heterocycles. The van der Waals surface area contributed by atoms with E-state index in [9.17, 15) is 35.1 Å². The number of likely N-dealkylation sites (N-methyl/N-ethyl adjacent to an activating group) is 1. The van der Waals surface area contributed by atoms with Gasteiger partial charge in [-0.25, -0.2) is 0 Å². The number of hydrogen-bond donors (Lipinski definition) is 6. The molecule has 3 rings (SSSR count). The fourth-order valence-corrected chi connectivity index (χ4v) is 9.53. The van der Waals surface area contributed by atoms with Crippen LogP contribution in [0.3, 0.4) is 0 Å². The highest BCUT2D eigenvalue weighted by molar-refractivity contribution is 5.75. The summed E-state index contributed by atoms with van der Waals surface area (Å²) >= 11 is 0. The molecule has 0 unspecified atom stereocenters. The first kappa shape index (κ1) is 51.8. The van der Waals surface area contributed by atoms with Crippen LogP contribution in [0.15, 0.2) is 0 Å². The third kappa shape index (κ3) is 12.8. The Hall–Kier alpha value is -1.54. The van der Waals surface area contributed by atoms with Crippen molar-refractivity contribution in [2.45, 2.75) is 205 Å². The second-order valence-electron chi connectivity index (χ2n) is 18.8. The van der Waals surface area contributed by atoms with Crippen molar-refractivity contribution in [3.8, 4) is 0 Å². The predicted octanol–water partition coefficient (Wildman–Crippen LogP) is 2.19. The molecule has 3 aliphatic rings. The molecule has 6 N–H and O–H groups in total. The fourth-order valence-electron chi connectivity index (χ4n) is 9.53. The van der Waals surface area contributed by atoms with Gasteiger partial charge in [0, 0.05) is 57.6 Å². The topological polar surface area (TPSA) is 209 Å². The Balaban J connectivity index is 2.18. The molecular weight excluding hydrogens is 766 g/mol. The number of cyclic esters (lactones) is 1. The van der Waals surface area contributed by atoms with Gasteiger partial charge in [-0.2, -0.15) is 0 Å². The predicted molar refractivity (Wildman–Crippen MR) is 221 cm³/mol. The zero-order valence-electron chi connectivity index (χ0n) is 38.4. The number of nitrogens with one attached hydrogen (secondary N) is 1. The fraction of sp³-hybridized carbons (Fsp3) is 0.953. The molecule has 16 heteroatoms. The highest BCUT2D eigenvalue weighted by Crippen LogP contribution is 2.40. The third-order valence-electron chi connectivity index (χ3n) is 13.3. The van der Waals surface area contributed by atoms with Crippen molar-refractivity contribution in [2.75, 3.05) is 40.8 Å². The molecule has 346 valence electrons. The van der Waals surface area contributed by atoms with Crippen molar-refractivity contribution >= 4 is 11.9 Å². The Morgan fingerprint density at radius 1 is 0.966 bits per heavy atom. The lowest BCUT2D eigenvalue weighted by Crippen LogP contribution is -2.60. The molecule has 18 atom stereocenters. The number of carbonyl (C=O) groups excluding carboxylic acids is 2. The van der Waals surface area contributed by atoms with E-state index in [4.69, 9.17) is 28.4 Å². The van der Waals surface area contributed by atoms with E-state index in [0.717, 1.165) is 0 Å². The van der Waals surface area contributed by atoms with Crippen LogP contribution in [0.4, 0.5) is 0 Å². The second-order valence-corrected chi connectivity index (χ2v) is 18.8.